The molecule has 1 heterocycles. The van der Waals surface area contributed by atoms with Gasteiger partial charge in [0.25, 0.3) is 0 Å². The largest absolute Gasteiger partial charge is 0.382 e. The lowest BCUT2D eigenvalue weighted by atomic mass is 10.0. The Balaban J connectivity index is 1.65. The van der Waals surface area contributed by atoms with E-state index in [4.69, 9.17) is 4.74 Å². The maximum absolute atomic E-state index is 5.43. The lowest BCUT2D eigenvalue weighted by molar-refractivity contribution is 0.126. The van der Waals surface area contributed by atoms with E-state index in [1.807, 2.05) is 0 Å². The highest BCUT2D eigenvalue weighted by Gasteiger charge is 2.30. The third-order valence-corrected chi connectivity index (χ3v) is 3.87. The second kappa shape index (κ2) is 7.34. The van der Waals surface area contributed by atoms with Gasteiger partial charge in [-0.2, -0.15) is 0 Å². The van der Waals surface area contributed by atoms with E-state index in [-0.39, 0.29) is 0 Å². The molecular formula is C14H28N2O. The molecule has 0 amide bonds. The summed E-state index contributed by atoms with van der Waals surface area (Å²) >= 11 is 0. The van der Waals surface area contributed by atoms with Gasteiger partial charge in [-0.25, -0.2) is 0 Å². The Bertz CT molecular complexity index is 200. The molecule has 1 aliphatic carbocycles. The van der Waals surface area contributed by atoms with Gasteiger partial charge < -0.3 is 10.1 Å². The molecule has 1 saturated heterocycles. The van der Waals surface area contributed by atoms with Gasteiger partial charge >= 0.3 is 0 Å². The van der Waals surface area contributed by atoms with E-state index >= 15 is 0 Å². The summed E-state index contributed by atoms with van der Waals surface area (Å²) in [5.74, 6) is 0. The van der Waals surface area contributed by atoms with Crippen LogP contribution in [0.15, 0.2) is 0 Å². The van der Waals surface area contributed by atoms with Gasteiger partial charge in [0, 0.05) is 38.4 Å². The van der Waals surface area contributed by atoms with Crippen molar-refractivity contribution in [1.82, 2.24) is 10.2 Å². The Kier molecular flexibility index (Phi) is 5.75. The Morgan fingerprint density at radius 1 is 1.24 bits per heavy atom. The zero-order valence-corrected chi connectivity index (χ0v) is 11.3. The molecule has 3 nitrogen and oxygen atoms in total. The van der Waals surface area contributed by atoms with Gasteiger partial charge in [0.15, 0.2) is 0 Å². The van der Waals surface area contributed by atoms with Crippen molar-refractivity contribution in [2.45, 2.75) is 57.5 Å². The Labute approximate surface area is 106 Å². The molecule has 0 aromatic carbocycles. The van der Waals surface area contributed by atoms with Gasteiger partial charge in [0.05, 0.1) is 0 Å². The van der Waals surface area contributed by atoms with E-state index in [9.17, 15) is 0 Å². The Morgan fingerprint density at radius 3 is 2.76 bits per heavy atom. The zero-order valence-electron chi connectivity index (χ0n) is 11.3. The first kappa shape index (κ1) is 13.3. The first-order valence-corrected chi connectivity index (χ1v) is 7.45. The van der Waals surface area contributed by atoms with Crippen LogP contribution in [-0.4, -0.2) is 49.8 Å². The summed E-state index contributed by atoms with van der Waals surface area (Å²) in [6.45, 7) is 7.57. The van der Waals surface area contributed by atoms with Gasteiger partial charge in [-0.05, 0) is 45.6 Å². The standard InChI is InChI=1S/C14H28N2O/c1-2-17-11-5-10-16(14-7-8-14)12-13-6-3-4-9-15-13/h13-15H,2-12H2,1H3. The summed E-state index contributed by atoms with van der Waals surface area (Å²) in [5.41, 5.74) is 0. The average molecular weight is 240 g/mol. The molecule has 2 fully saturated rings. The zero-order chi connectivity index (χ0) is 11.9. The van der Waals surface area contributed by atoms with Crippen LogP contribution in [0, 0.1) is 0 Å². The van der Waals surface area contributed by atoms with Crippen LogP contribution >= 0.6 is 0 Å². The fourth-order valence-electron chi connectivity index (χ4n) is 2.74. The van der Waals surface area contributed by atoms with Crippen LogP contribution in [0.5, 0.6) is 0 Å². The van der Waals surface area contributed by atoms with Crippen LogP contribution in [0.3, 0.4) is 0 Å². The summed E-state index contributed by atoms with van der Waals surface area (Å²) in [5, 5.41) is 3.66. The fourth-order valence-corrected chi connectivity index (χ4v) is 2.74. The molecule has 3 heteroatoms. The van der Waals surface area contributed by atoms with Gasteiger partial charge in [0.1, 0.15) is 0 Å². The highest BCUT2D eigenvalue weighted by molar-refractivity contribution is 4.87. The van der Waals surface area contributed by atoms with Crippen molar-refractivity contribution in [2.24, 2.45) is 0 Å². The van der Waals surface area contributed by atoms with Gasteiger partial charge in [-0.1, -0.05) is 6.42 Å². The predicted molar refractivity (Wildman–Crippen MR) is 71.3 cm³/mol. The van der Waals surface area contributed by atoms with Gasteiger partial charge in [-0.15, -0.1) is 0 Å². The number of ether oxygens (including phenoxy) is 1. The predicted octanol–water partition coefficient (Wildman–Crippen LogP) is 2.02. The van der Waals surface area contributed by atoms with Gasteiger partial charge in [0.2, 0.25) is 0 Å². The molecular weight excluding hydrogens is 212 g/mol. The van der Waals surface area contributed by atoms with Crippen molar-refractivity contribution in [2.75, 3.05) is 32.8 Å². The van der Waals surface area contributed by atoms with Crippen molar-refractivity contribution in [3.8, 4) is 0 Å². The molecule has 1 unspecified atom stereocenters. The Hall–Kier alpha value is -0.120. The fraction of sp³-hybridized carbons (Fsp3) is 1.00. The molecule has 2 aliphatic rings. The quantitative estimate of drug-likeness (QED) is 0.657. The van der Waals surface area contributed by atoms with Crippen LogP contribution in [0.25, 0.3) is 0 Å². The van der Waals surface area contributed by atoms with E-state index in [1.165, 1.54) is 58.2 Å². The average Bonchev–Trinajstić information content (AvgIpc) is 3.19. The highest BCUT2D eigenvalue weighted by Crippen LogP contribution is 2.27. The van der Waals surface area contributed by atoms with E-state index in [2.05, 4.69) is 17.1 Å². The first-order chi connectivity index (χ1) is 8.40. The van der Waals surface area contributed by atoms with Gasteiger partial charge in [-0.3, -0.25) is 4.90 Å². The number of nitrogens with one attached hydrogen (secondary N) is 1. The molecule has 2 rings (SSSR count). The molecule has 0 radical (unpaired) electrons. The highest BCUT2D eigenvalue weighted by atomic mass is 16.5. The van der Waals surface area contributed by atoms with Crippen molar-refractivity contribution >= 4 is 0 Å². The Morgan fingerprint density at radius 2 is 2.12 bits per heavy atom. The van der Waals surface area contributed by atoms with Crippen molar-refractivity contribution in [3.63, 3.8) is 0 Å². The maximum Gasteiger partial charge on any atom is 0.0478 e. The summed E-state index contributed by atoms with van der Waals surface area (Å²) in [4.78, 5) is 2.70. The maximum atomic E-state index is 5.43. The molecule has 0 aromatic heterocycles. The summed E-state index contributed by atoms with van der Waals surface area (Å²) in [6.07, 6.45) is 8.17. The molecule has 0 aromatic rings. The van der Waals surface area contributed by atoms with Crippen LogP contribution in [0.1, 0.15) is 45.4 Å². The summed E-state index contributed by atoms with van der Waals surface area (Å²) < 4.78 is 5.43. The van der Waals surface area contributed by atoms with Crippen molar-refractivity contribution < 1.29 is 4.74 Å². The summed E-state index contributed by atoms with van der Waals surface area (Å²) in [7, 11) is 0. The molecule has 1 N–H and O–H groups in total. The number of hydrogen-bond acceptors (Lipinski definition) is 3. The van der Waals surface area contributed by atoms with E-state index in [0.29, 0.717) is 0 Å². The second-order valence-electron chi connectivity index (χ2n) is 5.42. The number of hydrogen-bond donors (Lipinski definition) is 1. The smallest absolute Gasteiger partial charge is 0.0478 e. The number of nitrogens with zero attached hydrogens (tertiary/aromatic N) is 1. The lowest BCUT2D eigenvalue weighted by Crippen LogP contribution is -2.44. The molecule has 0 spiro atoms. The number of rotatable bonds is 8. The topological polar surface area (TPSA) is 24.5 Å². The third-order valence-electron chi connectivity index (χ3n) is 3.87. The van der Waals surface area contributed by atoms with Crippen molar-refractivity contribution in [3.05, 3.63) is 0 Å². The molecule has 1 atom stereocenters. The SMILES string of the molecule is CCOCCCN(CC1CCCCN1)C1CC1. The molecule has 1 saturated carbocycles. The van der Waals surface area contributed by atoms with E-state index in [1.54, 1.807) is 0 Å². The second-order valence-corrected chi connectivity index (χ2v) is 5.42. The minimum absolute atomic E-state index is 0.747. The molecule has 17 heavy (non-hydrogen) atoms. The molecule has 1 aliphatic heterocycles. The minimum atomic E-state index is 0.747. The van der Waals surface area contributed by atoms with E-state index < -0.39 is 0 Å². The normalized spacial score (nSPS) is 25.4. The molecule has 0 bridgehead atoms. The minimum Gasteiger partial charge on any atom is -0.382 e. The van der Waals surface area contributed by atoms with Crippen molar-refractivity contribution in [1.29, 1.82) is 0 Å². The van der Waals surface area contributed by atoms with Crippen LogP contribution < -0.4 is 5.32 Å². The van der Waals surface area contributed by atoms with Crippen LogP contribution in [-0.2, 0) is 4.74 Å². The molecule has 100 valence electrons. The third kappa shape index (κ3) is 4.94. The van der Waals surface area contributed by atoms with E-state index in [0.717, 1.165) is 25.3 Å². The van der Waals surface area contributed by atoms with Crippen LogP contribution in [0.4, 0.5) is 0 Å². The summed E-state index contributed by atoms with van der Waals surface area (Å²) in [6, 6.07) is 1.64. The monoisotopic (exact) mass is 240 g/mol. The lowest BCUT2D eigenvalue weighted by Gasteiger charge is -2.30. The first-order valence-electron chi connectivity index (χ1n) is 7.45. The number of piperidine rings is 1. The van der Waals surface area contributed by atoms with Crippen LogP contribution in [0.2, 0.25) is 0 Å².